The molecule has 1 aromatic heterocycles. The Morgan fingerprint density at radius 2 is 1.72 bits per heavy atom. The van der Waals surface area contributed by atoms with E-state index in [-0.39, 0.29) is 42.0 Å². The molecule has 0 bridgehead atoms. The number of H-pyrrole nitrogens is 1. The van der Waals surface area contributed by atoms with Crippen LogP contribution in [-0.2, 0) is 20.2 Å². The normalized spacial score (nSPS) is 12.3. The first-order chi connectivity index (χ1) is 7.69. The number of aromatic nitrogens is 2. The first-order valence-electron chi connectivity index (χ1n) is 4.12. The average Bonchev–Trinajstić information content (AvgIpc) is 2.59. The SMILES string of the molecule is O=S(=O)(O)c1cc(S(=O)(=O)O)c2nc[nH]c2c1.[H-].[Na+]. The summed E-state index contributed by atoms with van der Waals surface area (Å²) >= 11 is 0. The van der Waals surface area contributed by atoms with E-state index in [0.717, 1.165) is 12.4 Å². The minimum Gasteiger partial charge on any atom is -1.00 e. The molecule has 0 unspecified atom stereocenters. The van der Waals surface area contributed by atoms with Crippen molar-refractivity contribution in [1.82, 2.24) is 9.97 Å². The van der Waals surface area contributed by atoms with Crippen molar-refractivity contribution in [2.24, 2.45) is 0 Å². The van der Waals surface area contributed by atoms with E-state index in [0.29, 0.717) is 6.07 Å². The van der Waals surface area contributed by atoms with Crippen LogP contribution in [0.5, 0.6) is 0 Å². The second kappa shape index (κ2) is 4.89. The van der Waals surface area contributed by atoms with E-state index in [4.69, 9.17) is 9.11 Å². The van der Waals surface area contributed by atoms with E-state index in [2.05, 4.69) is 9.97 Å². The summed E-state index contributed by atoms with van der Waals surface area (Å²) < 4.78 is 61.7. The van der Waals surface area contributed by atoms with E-state index >= 15 is 0 Å². The van der Waals surface area contributed by atoms with Gasteiger partial charge in [-0.1, -0.05) is 0 Å². The predicted octanol–water partition coefficient (Wildman–Crippen LogP) is -2.83. The molecule has 0 fully saturated rings. The molecule has 8 nitrogen and oxygen atoms in total. The minimum atomic E-state index is -4.64. The van der Waals surface area contributed by atoms with Gasteiger partial charge in [0.2, 0.25) is 0 Å². The maximum atomic E-state index is 11.0. The second-order valence-corrected chi connectivity index (χ2v) is 5.98. The van der Waals surface area contributed by atoms with Gasteiger partial charge in [0.25, 0.3) is 20.2 Å². The largest absolute Gasteiger partial charge is 1.00 e. The number of rotatable bonds is 2. The summed E-state index contributed by atoms with van der Waals surface area (Å²) in [6, 6.07) is 1.64. The van der Waals surface area contributed by atoms with Crippen LogP contribution in [0.2, 0.25) is 0 Å². The van der Waals surface area contributed by atoms with Crippen molar-refractivity contribution in [2.45, 2.75) is 9.79 Å². The van der Waals surface area contributed by atoms with Crippen molar-refractivity contribution < 1.29 is 56.9 Å². The zero-order chi connectivity index (χ0) is 12.8. The molecule has 0 aliphatic rings. The predicted molar refractivity (Wildman–Crippen MR) is 56.8 cm³/mol. The molecule has 0 aliphatic carbocycles. The van der Waals surface area contributed by atoms with Crippen molar-refractivity contribution in [2.75, 3.05) is 0 Å². The van der Waals surface area contributed by atoms with Crippen LogP contribution in [0.15, 0.2) is 28.3 Å². The molecule has 0 amide bonds. The van der Waals surface area contributed by atoms with E-state index in [1.54, 1.807) is 0 Å². The Morgan fingerprint density at radius 1 is 1.11 bits per heavy atom. The number of benzene rings is 1. The number of imidazole rings is 1. The van der Waals surface area contributed by atoms with Crippen LogP contribution in [-0.4, -0.2) is 35.9 Å². The fourth-order valence-corrected chi connectivity index (χ4v) is 2.63. The summed E-state index contributed by atoms with van der Waals surface area (Å²) in [6.45, 7) is 0. The molecule has 0 aliphatic heterocycles. The van der Waals surface area contributed by atoms with Crippen molar-refractivity contribution >= 4 is 31.3 Å². The third kappa shape index (κ3) is 2.91. The molecule has 94 valence electrons. The molecule has 3 N–H and O–H groups in total. The molecule has 1 heterocycles. The van der Waals surface area contributed by atoms with Crippen LogP contribution in [0.3, 0.4) is 0 Å². The maximum absolute atomic E-state index is 11.0. The van der Waals surface area contributed by atoms with Crippen molar-refractivity contribution in [3.63, 3.8) is 0 Å². The van der Waals surface area contributed by atoms with Gasteiger partial charge in [-0.15, -0.1) is 0 Å². The number of aromatic amines is 1. The van der Waals surface area contributed by atoms with Crippen LogP contribution >= 0.6 is 0 Å². The third-order valence-corrected chi connectivity index (χ3v) is 3.74. The van der Waals surface area contributed by atoms with Gasteiger partial charge in [-0.05, 0) is 12.1 Å². The summed E-state index contributed by atoms with van der Waals surface area (Å²) in [5.41, 5.74) is -0.0485. The Labute approximate surface area is 126 Å². The van der Waals surface area contributed by atoms with Crippen LogP contribution in [0.4, 0.5) is 0 Å². The fraction of sp³-hybridized carbons (Fsp3) is 0. The second-order valence-electron chi connectivity index (χ2n) is 3.17. The van der Waals surface area contributed by atoms with Gasteiger partial charge in [0.1, 0.15) is 10.4 Å². The molecule has 1 aromatic carbocycles. The van der Waals surface area contributed by atoms with Gasteiger partial charge in [-0.25, -0.2) is 4.98 Å². The van der Waals surface area contributed by atoms with Gasteiger partial charge in [-0.3, -0.25) is 9.11 Å². The monoisotopic (exact) mass is 302 g/mol. The maximum Gasteiger partial charge on any atom is 1.00 e. The van der Waals surface area contributed by atoms with Crippen molar-refractivity contribution in [3.05, 3.63) is 18.5 Å². The third-order valence-electron chi connectivity index (χ3n) is 2.04. The quantitative estimate of drug-likeness (QED) is 0.401. The van der Waals surface area contributed by atoms with Crippen molar-refractivity contribution in [3.8, 4) is 0 Å². The van der Waals surface area contributed by atoms with Gasteiger partial charge in [0, 0.05) is 0 Å². The number of hydrogen-bond donors (Lipinski definition) is 3. The molecular formula is C7H7N2NaO6S2. The van der Waals surface area contributed by atoms with Crippen molar-refractivity contribution in [1.29, 1.82) is 0 Å². The van der Waals surface area contributed by atoms with Crippen LogP contribution in [0.25, 0.3) is 11.0 Å². The van der Waals surface area contributed by atoms with Crippen LogP contribution in [0.1, 0.15) is 1.43 Å². The van der Waals surface area contributed by atoms with E-state index in [9.17, 15) is 16.8 Å². The molecule has 2 aromatic rings. The first kappa shape index (κ1) is 15.6. The number of hydrogen-bond acceptors (Lipinski definition) is 5. The molecule has 18 heavy (non-hydrogen) atoms. The summed E-state index contributed by atoms with van der Waals surface area (Å²) in [4.78, 5) is 4.78. The standard InChI is InChI=1S/C7H6N2O6S2.Na.H/c10-16(11,12)4-1-5-7(9-3-8-5)6(2-4)17(13,14)15;;/h1-3H,(H,8,9)(H,10,11,12)(H,13,14,15);;/q;+1;-1. The van der Waals surface area contributed by atoms with E-state index < -0.39 is 30.0 Å². The topological polar surface area (TPSA) is 137 Å². The molecule has 2 rings (SSSR count). The molecule has 0 radical (unpaired) electrons. The van der Waals surface area contributed by atoms with E-state index in [1.165, 1.54) is 0 Å². The minimum absolute atomic E-state index is 0. The van der Waals surface area contributed by atoms with Gasteiger partial charge in [0.05, 0.1) is 16.7 Å². The Balaban J connectivity index is 0.00000162. The Bertz CT molecular complexity index is 800. The smallest absolute Gasteiger partial charge is 1.00 e. The first-order valence-corrected chi connectivity index (χ1v) is 7.00. The van der Waals surface area contributed by atoms with Gasteiger partial charge in [-0.2, -0.15) is 16.8 Å². The Kier molecular flexibility index (Phi) is 4.23. The molecule has 0 atom stereocenters. The van der Waals surface area contributed by atoms with Crippen LogP contribution in [0, 0.1) is 0 Å². The Morgan fingerprint density at radius 3 is 2.22 bits per heavy atom. The zero-order valence-electron chi connectivity index (χ0n) is 10.0. The van der Waals surface area contributed by atoms with Crippen LogP contribution < -0.4 is 29.6 Å². The van der Waals surface area contributed by atoms with Gasteiger partial charge in [0.15, 0.2) is 0 Å². The molecule has 0 spiro atoms. The summed E-state index contributed by atoms with van der Waals surface area (Å²) in [5.74, 6) is 0. The summed E-state index contributed by atoms with van der Waals surface area (Å²) in [6.07, 6.45) is 1.13. The molecule has 11 heteroatoms. The molecule has 0 saturated carbocycles. The number of nitrogens with one attached hydrogen (secondary N) is 1. The Hall–Kier alpha value is -0.490. The van der Waals surface area contributed by atoms with Gasteiger partial charge < -0.3 is 6.41 Å². The number of fused-ring (bicyclic) bond motifs is 1. The average molecular weight is 302 g/mol. The van der Waals surface area contributed by atoms with E-state index in [1.807, 2.05) is 0 Å². The zero-order valence-corrected chi connectivity index (χ0v) is 12.7. The summed E-state index contributed by atoms with van der Waals surface area (Å²) in [5, 5.41) is 0. The fourth-order valence-electron chi connectivity index (χ4n) is 1.34. The number of nitrogens with zero attached hydrogens (tertiary/aromatic N) is 1. The summed E-state index contributed by atoms with van der Waals surface area (Å²) in [7, 11) is -9.22. The van der Waals surface area contributed by atoms with Gasteiger partial charge >= 0.3 is 29.6 Å². The molecular weight excluding hydrogens is 295 g/mol. The molecule has 0 saturated heterocycles.